The van der Waals surface area contributed by atoms with E-state index in [1.54, 1.807) is 25.1 Å². The Morgan fingerprint density at radius 2 is 1.79 bits per heavy atom. The number of hydrogen-bond donors (Lipinski definition) is 2. The SMILES string of the molecule is CCOC(=O)c1cc([C]2[CH][CH][CH][CH]2)nn1C[C@@H](O)CNc1cccc(Cl)c1.[CH]1[CH][CH][CH][CH]1.[Fe+2]. The van der Waals surface area contributed by atoms with Crippen LogP contribution in [-0.4, -0.2) is 40.1 Å². The number of nitrogens with one attached hydrogen (secondary N) is 1. The van der Waals surface area contributed by atoms with E-state index in [1.807, 2.05) is 69.9 Å². The van der Waals surface area contributed by atoms with E-state index in [0.29, 0.717) is 16.4 Å². The van der Waals surface area contributed by atoms with Crippen LogP contribution in [0.5, 0.6) is 0 Å². The van der Waals surface area contributed by atoms with E-state index in [-0.39, 0.29) is 36.8 Å². The molecule has 8 heteroatoms. The summed E-state index contributed by atoms with van der Waals surface area (Å²) in [6.07, 6.45) is 16.9. The number of aliphatic hydroxyl groups is 1. The maximum Gasteiger partial charge on any atom is 2.00 e. The van der Waals surface area contributed by atoms with Crippen molar-refractivity contribution in [3.63, 3.8) is 0 Å². The second-order valence-corrected chi connectivity index (χ2v) is 7.43. The average Bonchev–Trinajstić information content (AvgIpc) is 3.56. The van der Waals surface area contributed by atoms with Gasteiger partial charge in [-0.3, -0.25) is 4.68 Å². The molecule has 10 radical (unpaired) electrons. The van der Waals surface area contributed by atoms with Gasteiger partial charge in [0, 0.05) is 23.2 Å². The van der Waals surface area contributed by atoms with Gasteiger partial charge in [-0.25, -0.2) is 4.79 Å². The molecule has 0 aliphatic heterocycles. The van der Waals surface area contributed by atoms with Crippen LogP contribution in [0.4, 0.5) is 5.69 Å². The normalized spacial score (nSPS) is 16.5. The monoisotopic (exact) mass is 507 g/mol. The van der Waals surface area contributed by atoms with E-state index in [2.05, 4.69) is 10.4 Å². The molecule has 0 amide bonds. The minimum Gasteiger partial charge on any atom is -0.461 e. The predicted molar refractivity (Wildman–Crippen MR) is 125 cm³/mol. The summed E-state index contributed by atoms with van der Waals surface area (Å²) < 4.78 is 6.60. The van der Waals surface area contributed by atoms with Crippen LogP contribution in [0.3, 0.4) is 0 Å². The third kappa shape index (κ3) is 8.97. The van der Waals surface area contributed by atoms with Crippen LogP contribution in [0.2, 0.25) is 5.02 Å². The van der Waals surface area contributed by atoms with Crippen molar-refractivity contribution in [2.45, 2.75) is 19.6 Å². The van der Waals surface area contributed by atoms with Gasteiger partial charge in [-0.2, -0.15) is 5.10 Å². The van der Waals surface area contributed by atoms with Crippen molar-refractivity contribution in [2.75, 3.05) is 18.5 Å². The van der Waals surface area contributed by atoms with Gasteiger partial charge < -0.3 is 15.2 Å². The van der Waals surface area contributed by atoms with Crippen molar-refractivity contribution in [1.29, 1.82) is 0 Å². The molecule has 33 heavy (non-hydrogen) atoms. The Balaban J connectivity index is 0.000000568. The number of hydrogen-bond acceptors (Lipinski definition) is 5. The van der Waals surface area contributed by atoms with E-state index in [9.17, 15) is 9.90 Å². The Bertz CT molecular complexity index is 844. The smallest absolute Gasteiger partial charge is 0.461 e. The quantitative estimate of drug-likeness (QED) is 0.418. The van der Waals surface area contributed by atoms with Crippen LogP contribution >= 0.6 is 11.6 Å². The summed E-state index contributed by atoms with van der Waals surface area (Å²) in [5.74, 6) is 0.448. The fraction of sp³-hybridized carbons (Fsp3) is 0.200. The molecule has 0 saturated heterocycles. The second-order valence-electron chi connectivity index (χ2n) is 7.00. The number of ether oxygens (including phenoxy) is 1. The number of rotatable bonds is 8. The number of aromatic nitrogens is 2. The molecule has 1 aromatic heterocycles. The molecule has 2 N–H and O–H groups in total. The molecule has 2 aromatic rings. The van der Waals surface area contributed by atoms with Gasteiger partial charge in [-0.1, -0.05) is 17.7 Å². The first-order valence-corrected chi connectivity index (χ1v) is 10.8. The van der Waals surface area contributed by atoms with Gasteiger partial charge in [0.05, 0.1) is 24.9 Å². The molecule has 0 unspecified atom stereocenters. The topological polar surface area (TPSA) is 76.4 Å². The molecule has 2 saturated carbocycles. The van der Waals surface area contributed by atoms with Crippen LogP contribution < -0.4 is 5.32 Å². The molecule has 1 aromatic carbocycles. The van der Waals surface area contributed by atoms with Crippen LogP contribution in [0.15, 0.2) is 30.3 Å². The number of nitrogens with zero attached hydrogens (tertiary/aromatic N) is 2. The standard InChI is InChI=1S/C20H21ClN3O3.C5H5.Fe/c1-2-27-20(26)19-11-18(14-6-3-4-7-14)23-24(19)13-17(25)12-22-16-9-5-8-15(21)10-16;1-2-4-5-3-1;/h3-11,17,22,25H,2,12-13H2,1H3;1-5H;/q;;+2/t17-;;/m0../s1. The van der Waals surface area contributed by atoms with Crippen LogP contribution in [0.25, 0.3) is 0 Å². The van der Waals surface area contributed by atoms with Gasteiger partial charge in [0.25, 0.3) is 0 Å². The molecule has 172 valence electrons. The van der Waals surface area contributed by atoms with Gasteiger partial charge in [0.15, 0.2) is 0 Å². The Morgan fingerprint density at radius 3 is 2.39 bits per heavy atom. The number of carbonyl (C=O) groups is 1. The third-order valence-corrected chi connectivity index (χ3v) is 4.76. The Labute approximate surface area is 212 Å². The summed E-state index contributed by atoms with van der Waals surface area (Å²) in [4.78, 5) is 12.3. The molecular weight excluding hydrogens is 482 g/mol. The van der Waals surface area contributed by atoms with Crippen molar-refractivity contribution in [1.82, 2.24) is 9.78 Å². The summed E-state index contributed by atoms with van der Waals surface area (Å²) in [6.45, 7) is 2.46. The molecule has 6 nitrogen and oxygen atoms in total. The van der Waals surface area contributed by atoms with Crippen molar-refractivity contribution in [3.8, 4) is 0 Å². The molecular formula is C25H26ClFeN3O3+2. The Hall–Kier alpha value is -1.53. The first kappa shape index (κ1) is 27.7. The Kier molecular flexibility index (Phi) is 12.3. The Morgan fingerprint density at radius 1 is 1.12 bits per heavy atom. The van der Waals surface area contributed by atoms with Crippen molar-refractivity contribution >= 4 is 23.3 Å². The van der Waals surface area contributed by atoms with E-state index in [1.165, 1.54) is 4.68 Å². The van der Waals surface area contributed by atoms with Crippen molar-refractivity contribution in [2.24, 2.45) is 0 Å². The molecule has 2 fully saturated rings. The maximum absolute atomic E-state index is 12.3. The second kappa shape index (κ2) is 14.7. The van der Waals surface area contributed by atoms with E-state index in [4.69, 9.17) is 16.3 Å². The van der Waals surface area contributed by atoms with Gasteiger partial charge in [-0.05, 0) is 89.0 Å². The molecule has 2 aliphatic carbocycles. The van der Waals surface area contributed by atoms with Crippen LogP contribution in [0.1, 0.15) is 23.1 Å². The van der Waals surface area contributed by atoms with Crippen molar-refractivity contribution in [3.05, 3.63) is 110 Å². The first-order valence-electron chi connectivity index (χ1n) is 10.4. The first-order chi connectivity index (χ1) is 15.6. The average molecular weight is 508 g/mol. The number of aliphatic hydroxyl groups excluding tert-OH is 1. The van der Waals surface area contributed by atoms with E-state index < -0.39 is 12.1 Å². The molecule has 0 spiro atoms. The minimum atomic E-state index is -0.760. The number of carbonyl (C=O) groups excluding carboxylic acids is 1. The number of benzene rings is 1. The van der Waals surface area contributed by atoms with Crippen LogP contribution in [-0.2, 0) is 28.4 Å². The zero-order chi connectivity index (χ0) is 22.8. The van der Waals surface area contributed by atoms with Gasteiger partial charge in [0.1, 0.15) is 5.69 Å². The maximum atomic E-state index is 12.3. The van der Waals surface area contributed by atoms with Crippen LogP contribution in [0, 0.1) is 63.7 Å². The summed E-state index contributed by atoms with van der Waals surface area (Å²) in [7, 11) is 0. The summed E-state index contributed by atoms with van der Waals surface area (Å²) >= 11 is 5.96. The fourth-order valence-electron chi connectivity index (χ4n) is 3.03. The fourth-order valence-corrected chi connectivity index (χ4v) is 3.22. The molecule has 4 rings (SSSR count). The number of halogens is 1. The minimum absolute atomic E-state index is 0. The third-order valence-electron chi connectivity index (χ3n) is 4.53. The molecule has 1 atom stereocenters. The van der Waals surface area contributed by atoms with E-state index in [0.717, 1.165) is 11.6 Å². The zero-order valence-electron chi connectivity index (χ0n) is 18.2. The summed E-state index contributed by atoms with van der Waals surface area (Å²) in [6, 6.07) is 8.94. The largest absolute Gasteiger partial charge is 2.00 e. The summed E-state index contributed by atoms with van der Waals surface area (Å²) in [5.41, 5.74) is 1.79. The molecule has 2 aliphatic rings. The molecule has 0 bridgehead atoms. The molecule has 1 heterocycles. The van der Waals surface area contributed by atoms with Gasteiger partial charge in [-0.15, -0.1) is 0 Å². The van der Waals surface area contributed by atoms with Crippen molar-refractivity contribution < 1.29 is 31.7 Å². The van der Waals surface area contributed by atoms with Gasteiger partial charge >= 0.3 is 23.0 Å². The van der Waals surface area contributed by atoms with Gasteiger partial charge in [0.2, 0.25) is 0 Å². The van der Waals surface area contributed by atoms with E-state index >= 15 is 0 Å². The predicted octanol–water partition coefficient (Wildman–Crippen LogP) is 3.96. The summed E-state index contributed by atoms with van der Waals surface area (Å²) in [5, 5.41) is 18.6. The zero-order valence-corrected chi connectivity index (χ0v) is 20.0. The number of esters is 1. The number of anilines is 1.